The van der Waals surface area contributed by atoms with Crippen molar-refractivity contribution in [2.75, 3.05) is 71.0 Å². The number of hydrogen-bond donors (Lipinski definition) is 7. The minimum absolute atomic E-state index is 0.0711. The number of benzene rings is 2. The van der Waals surface area contributed by atoms with Gasteiger partial charge < -0.3 is 37.2 Å². The summed E-state index contributed by atoms with van der Waals surface area (Å²) in [6.45, 7) is 3.96. The highest BCUT2D eigenvalue weighted by Crippen LogP contribution is 2.41. The fourth-order valence-electron chi connectivity index (χ4n) is 5.32. The van der Waals surface area contributed by atoms with Crippen molar-refractivity contribution in [3.63, 3.8) is 0 Å². The van der Waals surface area contributed by atoms with Crippen LogP contribution in [0.4, 0.5) is 11.4 Å². The number of carbonyl (C=O) groups is 2. The number of ketones is 2. The molecule has 3 atom stereocenters. The second-order valence-electron chi connectivity index (χ2n) is 9.32. The van der Waals surface area contributed by atoms with E-state index in [1.807, 2.05) is 18.2 Å². The van der Waals surface area contributed by atoms with Crippen LogP contribution in [0.2, 0.25) is 0 Å². The average Bonchev–Trinajstić information content (AvgIpc) is 2.97. The molecule has 2 aliphatic rings. The molecule has 38 heavy (non-hydrogen) atoms. The lowest BCUT2D eigenvalue weighted by molar-refractivity contribution is 0.0923. The van der Waals surface area contributed by atoms with E-state index in [0.717, 1.165) is 17.6 Å². The van der Waals surface area contributed by atoms with E-state index < -0.39 is 18.1 Å². The maximum absolute atomic E-state index is 14.2. The van der Waals surface area contributed by atoms with Gasteiger partial charge in [-0.25, -0.2) is 0 Å². The van der Waals surface area contributed by atoms with Gasteiger partial charge in [0, 0.05) is 74.5 Å². The van der Waals surface area contributed by atoms with Crippen LogP contribution in [0.1, 0.15) is 43.4 Å². The summed E-state index contributed by atoms with van der Waals surface area (Å²) in [7, 11) is 5.30. The van der Waals surface area contributed by atoms with Gasteiger partial charge in [-0.1, -0.05) is 22.0 Å². The number of carbonyl (C=O) groups excluding carboxylic acids is 2. The van der Waals surface area contributed by atoms with Crippen LogP contribution in [0.3, 0.4) is 0 Å². The Morgan fingerprint density at radius 3 is 2.13 bits per heavy atom. The number of nitrogens with zero attached hydrogens (tertiary/aromatic N) is 1. The van der Waals surface area contributed by atoms with Crippen LogP contribution in [0.25, 0.3) is 0 Å². The van der Waals surface area contributed by atoms with E-state index in [9.17, 15) is 14.9 Å². The molecule has 2 aromatic carbocycles. The van der Waals surface area contributed by atoms with Gasteiger partial charge in [0.05, 0.1) is 41.1 Å². The van der Waals surface area contributed by atoms with Gasteiger partial charge in [-0.15, -0.1) is 0 Å². The predicted octanol–water partition coefficient (Wildman–Crippen LogP) is 1.20. The lowest BCUT2D eigenvalue weighted by Gasteiger charge is -2.31. The zero-order valence-corrected chi connectivity index (χ0v) is 23.5. The first kappa shape index (κ1) is 28.2. The minimum Gasteiger partial charge on any atom is -0.386 e. The largest absolute Gasteiger partial charge is 0.386 e. The Labute approximate surface area is 231 Å². The van der Waals surface area contributed by atoms with Crippen molar-refractivity contribution in [3.8, 4) is 6.07 Å². The first-order valence-corrected chi connectivity index (χ1v) is 13.6. The van der Waals surface area contributed by atoms with Gasteiger partial charge in [-0.2, -0.15) is 5.26 Å². The molecular formula is C27H35BrN8O2. The predicted molar refractivity (Wildman–Crippen MR) is 153 cm³/mol. The molecule has 2 heterocycles. The van der Waals surface area contributed by atoms with Crippen molar-refractivity contribution >= 4 is 38.9 Å². The second-order valence-corrected chi connectivity index (χ2v) is 10.2. The smallest absolute Gasteiger partial charge is 0.183 e. The summed E-state index contributed by atoms with van der Waals surface area (Å²) in [6.07, 6.45) is 0. The molecule has 2 aliphatic heterocycles. The molecule has 0 aliphatic carbocycles. The number of hydrogen-bond acceptors (Lipinski definition) is 10. The Morgan fingerprint density at radius 1 is 0.974 bits per heavy atom. The van der Waals surface area contributed by atoms with Crippen molar-refractivity contribution in [1.29, 1.82) is 5.26 Å². The van der Waals surface area contributed by atoms with Gasteiger partial charge in [0.25, 0.3) is 0 Å². The first-order valence-electron chi connectivity index (χ1n) is 12.9. The standard InChI is InChI=1S/C27H35BrN8O2/c1-30-23(21-15(12-29)5-4-6-18(21)28)16-11-17(26(37)19-13-33-7-9-35-19)24(31-2)25(32-3)22(16)27(38)20-14-34-8-10-36-20/h4-6,11,19-20,23,30-36H,7-10,13-14H2,1-3H3. The highest BCUT2D eigenvalue weighted by atomic mass is 79.9. The van der Waals surface area contributed by atoms with E-state index in [-0.39, 0.29) is 11.6 Å². The monoisotopic (exact) mass is 582 g/mol. The second kappa shape index (κ2) is 12.8. The number of piperazine rings is 2. The molecular weight excluding hydrogens is 548 g/mol. The van der Waals surface area contributed by atoms with E-state index in [1.54, 1.807) is 27.2 Å². The molecule has 7 N–H and O–H groups in total. The molecule has 2 saturated heterocycles. The molecule has 11 heteroatoms. The summed E-state index contributed by atoms with van der Waals surface area (Å²) in [5.41, 5.74) is 3.89. The van der Waals surface area contributed by atoms with Crippen LogP contribution in [0, 0.1) is 11.3 Å². The van der Waals surface area contributed by atoms with E-state index >= 15 is 0 Å². The summed E-state index contributed by atoms with van der Waals surface area (Å²) in [6, 6.07) is 8.16. The average molecular weight is 584 g/mol. The van der Waals surface area contributed by atoms with Gasteiger partial charge in [0.2, 0.25) is 0 Å². The van der Waals surface area contributed by atoms with Gasteiger partial charge in [0.1, 0.15) is 0 Å². The molecule has 2 fully saturated rings. The topological polar surface area (TPSA) is 142 Å². The van der Waals surface area contributed by atoms with Crippen LogP contribution in [-0.2, 0) is 0 Å². The molecule has 0 aromatic heterocycles. The summed E-state index contributed by atoms with van der Waals surface area (Å²) in [5, 5.41) is 32.9. The molecule has 0 saturated carbocycles. The minimum atomic E-state index is -0.544. The summed E-state index contributed by atoms with van der Waals surface area (Å²) in [5.74, 6) is -0.159. The quantitative estimate of drug-likeness (QED) is 0.215. The molecule has 0 amide bonds. The Balaban J connectivity index is 1.99. The van der Waals surface area contributed by atoms with Crippen molar-refractivity contribution in [1.82, 2.24) is 26.6 Å². The van der Waals surface area contributed by atoms with E-state index in [4.69, 9.17) is 0 Å². The summed E-state index contributed by atoms with van der Waals surface area (Å²) < 4.78 is 0.737. The fraction of sp³-hybridized carbons (Fsp3) is 0.444. The number of halogens is 1. The van der Waals surface area contributed by atoms with Crippen molar-refractivity contribution < 1.29 is 9.59 Å². The molecule has 0 radical (unpaired) electrons. The number of nitriles is 1. The van der Waals surface area contributed by atoms with Crippen LogP contribution in [-0.4, -0.2) is 84.1 Å². The normalized spacial score (nSPS) is 20.3. The van der Waals surface area contributed by atoms with Crippen LogP contribution in [0.5, 0.6) is 0 Å². The van der Waals surface area contributed by atoms with E-state index in [1.165, 1.54) is 0 Å². The lowest BCUT2D eigenvalue weighted by Crippen LogP contribution is -2.53. The zero-order valence-electron chi connectivity index (χ0n) is 21.9. The number of rotatable bonds is 9. The van der Waals surface area contributed by atoms with Crippen molar-refractivity contribution in [3.05, 3.63) is 56.6 Å². The zero-order chi connectivity index (χ0) is 27.2. The Hall–Kier alpha value is -2.85. The van der Waals surface area contributed by atoms with Gasteiger partial charge in [-0.3, -0.25) is 9.59 Å². The van der Waals surface area contributed by atoms with Crippen LogP contribution in [0.15, 0.2) is 28.7 Å². The summed E-state index contributed by atoms with van der Waals surface area (Å²) >= 11 is 3.63. The molecule has 4 rings (SSSR count). The lowest BCUT2D eigenvalue weighted by atomic mass is 9.84. The van der Waals surface area contributed by atoms with Crippen molar-refractivity contribution in [2.45, 2.75) is 18.1 Å². The van der Waals surface area contributed by atoms with Crippen LogP contribution < -0.4 is 37.2 Å². The number of Topliss-reactive ketones (excluding diaryl/α,β-unsaturated/α-hetero) is 2. The SMILES string of the molecule is CNc1c(C(=O)C2CNCCN2)cc(C(NC)c2c(Br)cccc2C#N)c(C(=O)C2CNCCN2)c1NC. The van der Waals surface area contributed by atoms with E-state index in [2.05, 4.69) is 59.2 Å². The van der Waals surface area contributed by atoms with Gasteiger partial charge in [-0.05, 0) is 30.8 Å². The molecule has 0 spiro atoms. The molecule has 3 unspecified atom stereocenters. The van der Waals surface area contributed by atoms with E-state index in [0.29, 0.717) is 65.4 Å². The van der Waals surface area contributed by atoms with Crippen LogP contribution >= 0.6 is 15.9 Å². The van der Waals surface area contributed by atoms with Gasteiger partial charge in [0.15, 0.2) is 11.6 Å². The Kier molecular flexibility index (Phi) is 9.49. The third-order valence-electron chi connectivity index (χ3n) is 7.15. The molecule has 2 aromatic rings. The maximum atomic E-state index is 14.2. The molecule has 10 nitrogen and oxygen atoms in total. The fourth-order valence-corrected chi connectivity index (χ4v) is 5.92. The Bertz CT molecular complexity index is 1230. The molecule has 0 bridgehead atoms. The molecule has 202 valence electrons. The number of nitrogens with one attached hydrogen (secondary N) is 7. The highest BCUT2D eigenvalue weighted by molar-refractivity contribution is 9.10. The first-order chi connectivity index (χ1) is 18.5. The van der Waals surface area contributed by atoms with Gasteiger partial charge >= 0.3 is 0 Å². The third-order valence-corrected chi connectivity index (χ3v) is 7.84. The van der Waals surface area contributed by atoms with Crippen molar-refractivity contribution in [2.24, 2.45) is 0 Å². The summed E-state index contributed by atoms with van der Waals surface area (Å²) in [4.78, 5) is 28.0. The third kappa shape index (κ3) is 5.47. The Morgan fingerprint density at radius 2 is 1.61 bits per heavy atom. The highest BCUT2D eigenvalue weighted by Gasteiger charge is 2.35. The maximum Gasteiger partial charge on any atom is 0.183 e. The number of anilines is 2.